The molecule has 8 fully saturated rings. The van der Waals surface area contributed by atoms with Crippen LogP contribution in [0.5, 0.6) is 0 Å². The van der Waals surface area contributed by atoms with Crippen LogP contribution in [0.2, 0.25) is 0 Å². The highest BCUT2D eigenvalue weighted by Crippen LogP contribution is 2.71. The molecule has 0 bridgehead atoms. The lowest BCUT2D eigenvalue weighted by Gasteiger charge is -2.61. The van der Waals surface area contributed by atoms with Gasteiger partial charge in [-0.2, -0.15) is 0 Å². The molecule has 22 atom stereocenters. The molecular weight excluding hydrogens is 660 g/mol. The molecule has 0 radical (unpaired) electrons. The number of rotatable bonds is 5. The van der Waals surface area contributed by atoms with E-state index in [0.717, 1.165) is 45.1 Å². The molecule has 0 aromatic heterocycles. The van der Waals surface area contributed by atoms with Gasteiger partial charge < -0.3 is 59.1 Å². The maximum Gasteiger partial charge on any atom is 0.186 e. The van der Waals surface area contributed by atoms with Crippen LogP contribution in [0.4, 0.5) is 0 Å². The van der Waals surface area contributed by atoms with E-state index in [0.29, 0.717) is 47.5 Å². The van der Waals surface area contributed by atoms with Gasteiger partial charge in [0.25, 0.3) is 0 Å². The fraction of sp³-hybridized carbons (Fsp3) is 1.00. The lowest BCUT2D eigenvalue weighted by atomic mass is 9.44. The minimum absolute atomic E-state index is 0.160. The molecule has 0 aromatic carbocycles. The molecule has 4 saturated carbocycles. The van der Waals surface area contributed by atoms with Gasteiger partial charge in [0.1, 0.15) is 42.7 Å². The van der Waals surface area contributed by atoms with Crippen molar-refractivity contribution in [3.05, 3.63) is 0 Å². The summed E-state index contributed by atoms with van der Waals surface area (Å²) in [4.78, 5) is 0. The van der Waals surface area contributed by atoms with Gasteiger partial charge in [0.15, 0.2) is 18.4 Å². The van der Waals surface area contributed by atoms with Crippen LogP contribution in [0, 0.1) is 52.3 Å². The van der Waals surface area contributed by atoms with Crippen molar-refractivity contribution in [2.45, 2.75) is 178 Å². The molecule has 4 heterocycles. The van der Waals surface area contributed by atoms with Crippen molar-refractivity contribution in [1.82, 2.24) is 0 Å². The average molecular weight is 725 g/mol. The molecule has 0 unspecified atom stereocenters. The molecule has 4 aliphatic heterocycles. The molecule has 4 aliphatic carbocycles. The molecule has 292 valence electrons. The lowest BCUT2D eigenvalue weighted by Crippen LogP contribution is -2.61. The van der Waals surface area contributed by atoms with E-state index in [2.05, 4.69) is 27.7 Å². The zero-order valence-electron chi connectivity index (χ0n) is 31.1. The van der Waals surface area contributed by atoms with Gasteiger partial charge in [-0.1, -0.05) is 27.7 Å². The van der Waals surface area contributed by atoms with Gasteiger partial charge in [-0.25, -0.2) is 0 Å². The standard InChI is InChI=1S/C39H64O12/c1-18-8-13-39(47-16-18)19(2)28-26(51-39)15-25-23-7-6-21-14-22(9-11-37(21,4)24(23)10-12-38(25,28)5)49-36-34(45)32(43)30(41)27(50-36)17-46-35-33(44)31(42)29(40)20(3)48-35/h18-36,40-45H,6-17H2,1-5H3/t18-,19-,20-,21-,22+,23+,24-,25-,26-,27+,28-,29-,30+,31+,32-,33+,34+,35+,36+,37-,38-,39+/m0/s1. The number of ether oxygens (including phenoxy) is 6. The van der Waals surface area contributed by atoms with Gasteiger partial charge in [-0.15, -0.1) is 0 Å². The summed E-state index contributed by atoms with van der Waals surface area (Å²) in [6.07, 6.45) is -1.92. The summed E-state index contributed by atoms with van der Waals surface area (Å²) >= 11 is 0. The van der Waals surface area contributed by atoms with Crippen LogP contribution in [0.3, 0.4) is 0 Å². The fourth-order valence-corrected chi connectivity index (χ4v) is 13.1. The van der Waals surface area contributed by atoms with E-state index in [1.165, 1.54) is 25.7 Å². The molecule has 8 rings (SSSR count). The Kier molecular flexibility index (Phi) is 10.00. The molecule has 12 nitrogen and oxygen atoms in total. The summed E-state index contributed by atoms with van der Waals surface area (Å²) in [6.45, 7) is 11.9. The zero-order valence-corrected chi connectivity index (χ0v) is 31.1. The third kappa shape index (κ3) is 6.00. The van der Waals surface area contributed by atoms with E-state index in [1.54, 1.807) is 6.92 Å². The number of aliphatic hydroxyl groups excluding tert-OH is 6. The highest BCUT2D eigenvalue weighted by molar-refractivity contribution is 5.15. The first-order chi connectivity index (χ1) is 24.2. The van der Waals surface area contributed by atoms with E-state index in [-0.39, 0.29) is 29.3 Å². The lowest BCUT2D eigenvalue weighted by molar-refractivity contribution is -0.336. The smallest absolute Gasteiger partial charge is 0.186 e. The van der Waals surface area contributed by atoms with Crippen LogP contribution >= 0.6 is 0 Å². The second-order valence-corrected chi connectivity index (χ2v) is 18.7. The predicted molar refractivity (Wildman–Crippen MR) is 182 cm³/mol. The minimum Gasteiger partial charge on any atom is -0.388 e. The van der Waals surface area contributed by atoms with Gasteiger partial charge in [0.05, 0.1) is 31.5 Å². The van der Waals surface area contributed by atoms with Crippen molar-refractivity contribution < 1.29 is 59.1 Å². The number of aliphatic hydroxyl groups is 6. The molecule has 0 amide bonds. The third-order valence-corrected chi connectivity index (χ3v) is 16.1. The summed E-state index contributed by atoms with van der Waals surface area (Å²) in [7, 11) is 0. The Labute approximate surface area is 302 Å². The van der Waals surface area contributed by atoms with E-state index in [9.17, 15) is 30.6 Å². The molecule has 6 N–H and O–H groups in total. The molecule has 4 saturated heterocycles. The van der Waals surface area contributed by atoms with Crippen LogP contribution < -0.4 is 0 Å². The van der Waals surface area contributed by atoms with Crippen LogP contribution in [0.1, 0.15) is 98.8 Å². The van der Waals surface area contributed by atoms with Crippen molar-refractivity contribution in [2.75, 3.05) is 13.2 Å². The number of fused-ring (bicyclic) bond motifs is 7. The predicted octanol–water partition coefficient (Wildman–Crippen LogP) is 2.47. The molecule has 1 spiro atoms. The number of hydrogen-bond donors (Lipinski definition) is 6. The quantitative estimate of drug-likeness (QED) is 0.229. The zero-order chi connectivity index (χ0) is 36.2. The summed E-state index contributed by atoms with van der Waals surface area (Å²) in [5, 5.41) is 62.8. The molecule has 0 aromatic rings. The minimum atomic E-state index is -1.53. The Morgan fingerprint density at radius 1 is 0.686 bits per heavy atom. The van der Waals surface area contributed by atoms with Crippen molar-refractivity contribution in [2.24, 2.45) is 52.3 Å². The summed E-state index contributed by atoms with van der Waals surface area (Å²) < 4.78 is 37.1. The highest BCUT2D eigenvalue weighted by atomic mass is 16.7. The maximum atomic E-state index is 10.9. The Morgan fingerprint density at radius 2 is 1.41 bits per heavy atom. The topological polar surface area (TPSA) is 177 Å². The summed E-state index contributed by atoms with van der Waals surface area (Å²) in [5.41, 5.74) is 0.498. The summed E-state index contributed by atoms with van der Waals surface area (Å²) in [5.74, 6) is 3.73. The number of hydrogen-bond acceptors (Lipinski definition) is 12. The van der Waals surface area contributed by atoms with Crippen LogP contribution in [-0.4, -0.2) is 123 Å². The first-order valence-electron chi connectivity index (χ1n) is 20.1. The van der Waals surface area contributed by atoms with Gasteiger partial charge in [-0.3, -0.25) is 0 Å². The molecule has 51 heavy (non-hydrogen) atoms. The van der Waals surface area contributed by atoms with E-state index in [1.807, 2.05) is 0 Å². The normalized spacial score (nSPS) is 59.9. The third-order valence-electron chi connectivity index (χ3n) is 16.1. The van der Waals surface area contributed by atoms with Crippen LogP contribution in [0.25, 0.3) is 0 Å². The van der Waals surface area contributed by atoms with E-state index >= 15 is 0 Å². The first kappa shape index (κ1) is 37.4. The Balaban J connectivity index is 0.889. The fourth-order valence-electron chi connectivity index (χ4n) is 13.1. The Hall–Kier alpha value is -0.480. The van der Waals surface area contributed by atoms with Gasteiger partial charge in [0.2, 0.25) is 0 Å². The van der Waals surface area contributed by atoms with Gasteiger partial charge >= 0.3 is 0 Å². The van der Waals surface area contributed by atoms with Gasteiger partial charge in [-0.05, 0) is 111 Å². The Bertz CT molecular complexity index is 1250. The monoisotopic (exact) mass is 724 g/mol. The van der Waals surface area contributed by atoms with E-state index < -0.39 is 61.4 Å². The van der Waals surface area contributed by atoms with E-state index in [4.69, 9.17) is 28.4 Å². The second-order valence-electron chi connectivity index (χ2n) is 18.7. The molecule has 12 heteroatoms. The largest absolute Gasteiger partial charge is 0.388 e. The average Bonchev–Trinajstić information content (AvgIpc) is 3.56. The first-order valence-corrected chi connectivity index (χ1v) is 20.1. The summed E-state index contributed by atoms with van der Waals surface area (Å²) in [6, 6.07) is 0. The highest BCUT2D eigenvalue weighted by Gasteiger charge is 2.69. The Morgan fingerprint density at radius 3 is 2.16 bits per heavy atom. The van der Waals surface area contributed by atoms with Crippen LogP contribution in [0.15, 0.2) is 0 Å². The molecule has 8 aliphatic rings. The second kappa shape index (κ2) is 13.6. The van der Waals surface area contributed by atoms with Crippen molar-refractivity contribution in [3.63, 3.8) is 0 Å². The maximum absolute atomic E-state index is 10.9. The van der Waals surface area contributed by atoms with Crippen molar-refractivity contribution in [1.29, 1.82) is 0 Å². The van der Waals surface area contributed by atoms with Crippen molar-refractivity contribution in [3.8, 4) is 0 Å². The van der Waals surface area contributed by atoms with Crippen molar-refractivity contribution >= 4 is 0 Å². The van der Waals surface area contributed by atoms with Crippen LogP contribution in [-0.2, 0) is 28.4 Å². The molecular formula is C39H64O12. The van der Waals surface area contributed by atoms with Gasteiger partial charge in [0, 0.05) is 12.3 Å². The SMILES string of the molecule is C[C@H]1CC[C@@]2(OC1)O[C@H]1C[C@H]3[C@@H]4CC[C@H]5C[C@H](O[C@@H]6O[C@H](CO[C@@H]7O[C@@H](C)[C@H](O)[C@@H](O)[C@H]7O)[C@@H](O)[C@H](O)[C@H]6O)CC[C@]5(C)[C@H]4CC[C@]3(C)[C@H]1[C@@H]2C.